The largest absolute Gasteiger partial charge is 0.507 e. The predicted molar refractivity (Wildman–Crippen MR) is 127 cm³/mol. The molecule has 36 heavy (non-hydrogen) atoms. The summed E-state index contributed by atoms with van der Waals surface area (Å²) in [5.41, 5.74) is 0.331. The molecule has 1 saturated heterocycles. The van der Waals surface area contributed by atoms with Crippen molar-refractivity contribution in [2.75, 3.05) is 19.1 Å². The molecule has 1 aliphatic heterocycles. The van der Waals surface area contributed by atoms with Gasteiger partial charge < -0.3 is 14.6 Å². The number of carbonyl (C=O) groups is 2. The number of methoxy groups -OCH3 is 2. The number of amides is 1. The number of alkyl halides is 3. The first-order valence-corrected chi connectivity index (χ1v) is 10.8. The van der Waals surface area contributed by atoms with Crippen LogP contribution in [0.2, 0.25) is 0 Å². The first kappa shape index (κ1) is 24.8. The maximum atomic E-state index is 13.3. The van der Waals surface area contributed by atoms with Crippen molar-refractivity contribution >= 4 is 23.1 Å². The fourth-order valence-electron chi connectivity index (χ4n) is 4.24. The van der Waals surface area contributed by atoms with Gasteiger partial charge in [-0.05, 0) is 60.5 Å². The molecule has 1 amide bonds. The fourth-order valence-corrected chi connectivity index (χ4v) is 4.24. The highest BCUT2D eigenvalue weighted by atomic mass is 19.4. The SMILES string of the molecule is COc1ccc(OC)c(/C(O)=C2\C(=O)C(=O)N(c3ccc(C(F)(F)F)cc3)C2c2ccccc2C)c1. The summed E-state index contributed by atoms with van der Waals surface area (Å²) in [6, 6.07) is 14.4. The summed E-state index contributed by atoms with van der Waals surface area (Å²) in [6.45, 7) is 1.77. The smallest absolute Gasteiger partial charge is 0.416 e. The molecule has 3 aromatic rings. The Morgan fingerprint density at radius 3 is 2.19 bits per heavy atom. The van der Waals surface area contributed by atoms with E-state index in [9.17, 15) is 27.9 Å². The maximum absolute atomic E-state index is 13.3. The van der Waals surface area contributed by atoms with Crippen LogP contribution in [0.4, 0.5) is 18.9 Å². The Balaban J connectivity index is 1.97. The molecule has 1 fully saturated rings. The summed E-state index contributed by atoms with van der Waals surface area (Å²) in [6.07, 6.45) is -4.56. The topological polar surface area (TPSA) is 76.1 Å². The van der Waals surface area contributed by atoms with E-state index in [-0.39, 0.29) is 22.6 Å². The number of aryl methyl sites for hydroxylation is 1. The fraction of sp³-hybridized carbons (Fsp3) is 0.185. The van der Waals surface area contributed by atoms with E-state index in [1.54, 1.807) is 43.3 Å². The number of benzene rings is 3. The van der Waals surface area contributed by atoms with E-state index >= 15 is 0 Å². The van der Waals surface area contributed by atoms with Crippen molar-refractivity contribution in [3.63, 3.8) is 0 Å². The summed E-state index contributed by atoms with van der Waals surface area (Å²) in [7, 11) is 2.82. The van der Waals surface area contributed by atoms with Crippen LogP contribution in [0.25, 0.3) is 5.76 Å². The van der Waals surface area contributed by atoms with Crippen LogP contribution in [-0.4, -0.2) is 31.0 Å². The number of ketones is 1. The van der Waals surface area contributed by atoms with Crippen LogP contribution in [-0.2, 0) is 15.8 Å². The van der Waals surface area contributed by atoms with Gasteiger partial charge in [0, 0.05) is 5.69 Å². The van der Waals surface area contributed by atoms with Gasteiger partial charge in [0.05, 0.1) is 37.0 Å². The van der Waals surface area contributed by atoms with E-state index < -0.39 is 35.2 Å². The van der Waals surface area contributed by atoms with Gasteiger partial charge in [-0.2, -0.15) is 13.2 Å². The highest BCUT2D eigenvalue weighted by molar-refractivity contribution is 6.51. The monoisotopic (exact) mass is 497 g/mol. The first-order valence-electron chi connectivity index (χ1n) is 10.8. The number of hydrogen-bond donors (Lipinski definition) is 1. The lowest BCUT2D eigenvalue weighted by Crippen LogP contribution is -2.29. The van der Waals surface area contributed by atoms with Gasteiger partial charge in [0.25, 0.3) is 11.7 Å². The summed E-state index contributed by atoms with van der Waals surface area (Å²) in [5, 5.41) is 11.4. The van der Waals surface area contributed by atoms with E-state index in [2.05, 4.69) is 0 Å². The zero-order chi connectivity index (χ0) is 26.2. The zero-order valence-corrected chi connectivity index (χ0v) is 19.6. The molecule has 186 valence electrons. The number of anilines is 1. The Morgan fingerprint density at radius 2 is 1.61 bits per heavy atom. The molecule has 1 aliphatic rings. The Labute approximate surface area is 205 Å². The third-order valence-electron chi connectivity index (χ3n) is 6.06. The van der Waals surface area contributed by atoms with Crippen LogP contribution in [0, 0.1) is 6.92 Å². The Morgan fingerprint density at radius 1 is 0.944 bits per heavy atom. The number of aliphatic hydroxyl groups excluding tert-OH is 1. The van der Waals surface area contributed by atoms with Gasteiger partial charge in [-0.3, -0.25) is 14.5 Å². The second kappa shape index (κ2) is 9.41. The second-order valence-electron chi connectivity index (χ2n) is 8.14. The van der Waals surface area contributed by atoms with E-state index in [1.807, 2.05) is 0 Å². The minimum atomic E-state index is -4.56. The molecule has 1 unspecified atom stereocenters. The average Bonchev–Trinajstić information content (AvgIpc) is 3.13. The normalized spacial score (nSPS) is 17.4. The number of halogens is 3. The van der Waals surface area contributed by atoms with Crippen molar-refractivity contribution in [1.82, 2.24) is 0 Å². The molecule has 1 atom stereocenters. The summed E-state index contributed by atoms with van der Waals surface area (Å²) in [4.78, 5) is 27.7. The van der Waals surface area contributed by atoms with Crippen molar-refractivity contribution in [3.05, 3.63) is 94.6 Å². The average molecular weight is 497 g/mol. The van der Waals surface area contributed by atoms with Crippen molar-refractivity contribution < 1.29 is 37.3 Å². The number of carbonyl (C=O) groups excluding carboxylic acids is 2. The molecule has 0 saturated carbocycles. The minimum absolute atomic E-state index is 0.0787. The lowest BCUT2D eigenvalue weighted by molar-refractivity contribution is -0.137. The number of hydrogen-bond acceptors (Lipinski definition) is 5. The van der Waals surface area contributed by atoms with E-state index in [0.717, 1.165) is 29.2 Å². The lowest BCUT2D eigenvalue weighted by atomic mass is 9.92. The van der Waals surface area contributed by atoms with Gasteiger partial charge >= 0.3 is 6.18 Å². The molecule has 0 bridgehead atoms. The van der Waals surface area contributed by atoms with Crippen LogP contribution < -0.4 is 14.4 Å². The molecule has 0 aromatic heterocycles. The zero-order valence-electron chi connectivity index (χ0n) is 19.6. The van der Waals surface area contributed by atoms with E-state index in [1.165, 1.54) is 20.3 Å². The van der Waals surface area contributed by atoms with Gasteiger partial charge in [0.15, 0.2) is 0 Å². The molecule has 4 rings (SSSR count). The van der Waals surface area contributed by atoms with Crippen molar-refractivity contribution in [1.29, 1.82) is 0 Å². The molecular weight excluding hydrogens is 475 g/mol. The maximum Gasteiger partial charge on any atom is 0.416 e. The quantitative estimate of drug-likeness (QED) is 0.280. The number of rotatable bonds is 5. The minimum Gasteiger partial charge on any atom is -0.507 e. The molecule has 6 nitrogen and oxygen atoms in total. The highest BCUT2D eigenvalue weighted by Gasteiger charge is 2.47. The molecule has 0 spiro atoms. The van der Waals surface area contributed by atoms with Crippen LogP contribution in [0.1, 0.15) is 28.3 Å². The third kappa shape index (κ3) is 4.28. The van der Waals surface area contributed by atoms with E-state index in [4.69, 9.17) is 9.47 Å². The standard InChI is InChI=1S/C27H22F3NO5/c1-15-6-4-5-7-19(15)23-22(24(32)20-14-18(35-2)12-13-21(20)36-3)25(33)26(34)31(23)17-10-8-16(9-11-17)27(28,29)30/h4-14,23,32H,1-3H3/b24-22+. The number of ether oxygens (including phenoxy) is 2. The molecular formula is C27H22F3NO5. The molecule has 1 heterocycles. The van der Waals surface area contributed by atoms with Crippen molar-refractivity contribution in [2.24, 2.45) is 0 Å². The Bertz CT molecular complexity index is 1360. The summed E-state index contributed by atoms with van der Waals surface area (Å²) in [5.74, 6) is -1.84. The van der Waals surface area contributed by atoms with Crippen molar-refractivity contribution in [3.8, 4) is 11.5 Å². The molecule has 0 aliphatic carbocycles. The molecule has 9 heteroatoms. The van der Waals surface area contributed by atoms with Gasteiger partial charge in [0.2, 0.25) is 0 Å². The number of Topliss-reactive ketones (excluding diaryl/α,β-unsaturated/α-hetero) is 1. The third-order valence-corrected chi connectivity index (χ3v) is 6.06. The Kier molecular flexibility index (Phi) is 6.49. The Hall–Kier alpha value is -4.27. The van der Waals surface area contributed by atoms with E-state index in [0.29, 0.717) is 16.9 Å². The molecule has 0 radical (unpaired) electrons. The van der Waals surface area contributed by atoms with Gasteiger partial charge in [0.1, 0.15) is 17.3 Å². The summed E-state index contributed by atoms with van der Waals surface area (Å²) >= 11 is 0. The summed E-state index contributed by atoms with van der Waals surface area (Å²) < 4.78 is 49.9. The van der Waals surface area contributed by atoms with Crippen LogP contribution in [0.3, 0.4) is 0 Å². The number of aliphatic hydroxyl groups is 1. The molecule has 3 aromatic carbocycles. The van der Waals surface area contributed by atoms with Crippen LogP contribution in [0.5, 0.6) is 11.5 Å². The first-order chi connectivity index (χ1) is 17.1. The lowest BCUT2D eigenvalue weighted by Gasteiger charge is -2.27. The highest BCUT2D eigenvalue weighted by Crippen LogP contribution is 2.45. The van der Waals surface area contributed by atoms with Crippen LogP contribution in [0.15, 0.2) is 72.3 Å². The van der Waals surface area contributed by atoms with Gasteiger partial charge in [-0.25, -0.2) is 0 Å². The van der Waals surface area contributed by atoms with Gasteiger partial charge in [-0.1, -0.05) is 24.3 Å². The van der Waals surface area contributed by atoms with Crippen LogP contribution >= 0.6 is 0 Å². The molecule has 1 N–H and O–H groups in total. The second-order valence-corrected chi connectivity index (χ2v) is 8.14. The van der Waals surface area contributed by atoms with Gasteiger partial charge in [-0.15, -0.1) is 0 Å². The van der Waals surface area contributed by atoms with Crippen molar-refractivity contribution in [2.45, 2.75) is 19.1 Å². The number of nitrogens with zero attached hydrogens (tertiary/aromatic N) is 1. The predicted octanol–water partition coefficient (Wildman–Crippen LogP) is 5.66.